The first-order valence-electron chi connectivity index (χ1n) is 5.19. The number of carbonyl (C=O) groups is 1. The summed E-state index contributed by atoms with van der Waals surface area (Å²) in [6.45, 7) is 3.91. The highest BCUT2D eigenvalue weighted by Gasteiger charge is 2.28. The maximum absolute atomic E-state index is 11.4. The molecule has 1 aliphatic rings. The molecular formula is C11H13N3OS. The van der Waals surface area contributed by atoms with Gasteiger partial charge in [-0.1, -0.05) is 24.8 Å². The summed E-state index contributed by atoms with van der Waals surface area (Å²) >= 11 is 1.47. The van der Waals surface area contributed by atoms with E-state index < -0.39 is 0 Å². The van der Waals surface area contributed by atoms with Crippen LogP contribution in [0.4, 0.5) is 5.82 Å². The normalized spacial score (nSPS) is 22.5. The minimum absolute atomic E-state index is 0.0106. The van der Waals surface area contributed by atoms with Crippen LogP contribution in [0.25, 0.3) is 0 Å². The van der Waals surface area contributed by atoms with Crippen LogP contribution in [-0.2, 0) is 4.79 Å². The minimum atomic E-state index is -0.0106. The fourth-order valence-electron chi connectivity index (χ4n) is 1.42. The van der Waals surface area contributed by atoms with Crippen LogP contribution >= 0.6 is 11.8 Å². The van der Waals surface area contributed by atoms with Gasteiger partial charge in [-0.2, -0.15) is 0 Å². The Morgan fingerprint density at radius 1 is 1.56 bits per heavy atom. The quantitative estimate of drug-likeness (QED) is 0.853. The van der Waals surface area contributed by atoms with E-state index in [1.807, 2.05) is 32.0 Å². The SMILES string of the molecule is CCC1S/C(=N\c2cccc(C)n2)NC1=O. The fraction of sp³-hybridized carbons (Fsp3) is 0.364. The van der Waals surface area contributed by atoms with Crippen LogP contribution in [0.1, 0.15) is 19.0 Å². The van der Waals surface area contributed by atoms with E-state index in [9.17, 15) is 4.79 Å². The van der Waals surface area contributed by atoms with Gasteiger partial charge in [0.15, 0.2) is 11.0 Å². The molecule has 1 fully saturated rings. The second kappa shape index (κ2) is 4.65. The predicted molar refractivity (Wildman–Crippen MR) is 65.9 cm³/mol. The van der Waals surface area contributed by atoms with Gasteiger partial charge in [0.25, 0.3) is 0 Å². The Labute approximate surface area is 98.6 Å². The van der Waals surface area contributed by atoms with E-state index >= 15 is 0 Å². The molecule has 1 unspecified atom stereocenters. The lowest BCUT2D eigenvalue weighted by Crippen LogP contribution is -2.24. The summed E-state index contributed by atoms with van der Waals surface area (Å²) in [6, 6.07) is 5.64. The number of pyridine rings is 1. The zero-order valence-electron chi connectivity index (χ0n) is 9.23. The number of amidine groups is 1. The Morgan fingerprint density at radius 3 is 3.00 bits per heavy atom. The van der Waals surface area contributed by atoms with Crippen LogP contribution < -0.4 is 5.32 Å². The molecular weight excluding hydrogens is 222 g/mol. The molecule has 0 aliphatic carbocycles. The third kappa shape index (κ3) is 2.41. The Morgan fingerprint density at radius 2 is 2.38 bits per heavy atom. The number of thioether (sulfide) groups is 1. The summed E-state index contributed by atoms with van der Waals surface area (Å²) in [7, 11) is 0. The van der Waals surface area contributed by atoms with E-state index in [-0.39, 0.29) is 11.2 Å². The lowest BCUT2D eigenvalue weighted by molar-refractivity contribution is -0.118. The highest BCUT2D eigenvalue weighted by molar-refractivity contribution is 8.15. The number of rotatable bonds is 2. The summed E-state index contributed by atoms with van der Waals surface area (Å²) in [6.07, 6.45) is 0.816. The molecule has 4 nitrogen and oxygen atoms in total. The molecule has 0 aromatic carbocycles. The smallest absolute Gasteiger partial charge is 0.239 e. The summed E-state index contributed by atoms with van der Waals surface area (Å²) in [4.78, 5) is 20.0. The third-order valence-electron chi connectivity index (χ3n) is 2.24. The van der Waals surface area contributed by atoms with Crippen LogP contribution in [0, 0.1) is 6.92 Å². The van der Waals surface area contributed by atoms with Crippen LogP contribution in [0.15, 0.2) is 23.2 Å². The lowest BCUT2D eigenvalue weighted by atomic mass is 10.3. The van der Waals surface area contributed by atoms with Crippen LogP contribution in [0.2, 0.25) is 0 Å². The van der Waals surface area contributed by atoms with Crippen LogP contribution in [0.5, 0.6) is 0 Å². The molecule has 1 aromatic rings. The van der Waals surface area contributed by atoms with Gasteiger partial charge in [-0.05, 0) is 25.5 Å². The van der Waals surface area contributed by atoms with E-state index in [0.29, 0.717) is 11.0 Å². The first kappa shape index (κ1) is 11.1. The first-order valence-corrected chi connectivity index (χ1v) is 6.07. The molecule has 1 aliphatic heterocycles. The number of nitrogens with one attached hydrogen (secondary N) is 1. The van der Waals surface area contributed by atoms with E-state index in [4.69, 9.17) is 0 Å². The van der Waals surface area contributed by atoms with Gasteiger partial charge in [0.1, 0.15) is 0 Å². The zero-order chi connectivity index (χ0) is 11.5. The van der Waals surface area contributed by atoms with Crippen molar-refractivity contribution in [2.45, 2.75) is 25.5 Å². The first-order chi connectivity index (χ1) is 7.69. The highest BCUT2D eigenvalue weighted by Crippen LogP contribution is 2.23. The molecule has 84 valence electrons. The van der Waals surface area contributed by atoms with Gasteiger partial charge in [-0.3, -0.25) is 4.79 Å². The van der Waals surface area contributed by atoms with Gasteiger partial charge in [-0.15, -0.1) is 0 Å². The zero-order valence-corrected chi connectivity index (χ0v) is 10.0. The van der Waals surface area contributed by atoms with Gasteiger partial charge in [0, 0.05) is 5.69 Å². The number of aliphatic imine (C=N–C) groups is 1. The van der Waals surface area contributed by atoms with Crippen LogP contribution in [0.3, 0.4) is 0 Å². The maximum atomic E-state index is 11.4. The average Bonchev–Trinajstić information content (AvgIpc) is 2.58. The molecule has 1 atom stereocenters. The Hall–Kier alpha value is -1.36. The van der Waals surface area contributed by atoms with Crippen molar-refractivity contribution < 1.29 is 4.79 Å². The summed E-state index contributed by atoms with van der Waals surface area (Å²) in [5.41, 5.74) is 0.920. The molecule has 2 rings (SSSR count). The summed E-state index contributed by atoms with van der Waals surface area (Å²) in [5.74, 6) is 0.679. The van der Waals surface area contributed by atoms with Crippen molar-refractivity contribution in [1.82, 2.24) is 10.3 Å². The fourth-order valence-corrected chi connectivity index (χ4v) is 2.33. The Bertz CT molecular complexity index is 445. The second-order valence-electron chi connectivity index (χ2n) is 3.56. The summed E-state index contributed by atoms with van der Waals surface area (Å²) in [5, 5.41) is 3.39. The molecule has 1 N–H and O–H groups in total. The van der Waals surface area contributed by atoms with Gasteiger partial charge in [0.2, 0.25) is 5.91 Å². The third-order valence-corrected chi connectivity index (χ3v) is 3.49. The van der Waals surface area contributed by atoms with Crippen molar-refractivity contribution >= 4 is 28.7 Å². The van der Waals surface area contributed by atoms with Gasteiger partial charge in [-0.25, -0.2) is 9.98 Å². The molecule has 2 heterocycles. The predicted octanol–water partition coefficient (Wildman–Crippen LogP) is 2.02. The van der Waals surface area contributed by atoms with Gasteiger partial charge < -0.3 is 5.32 Å². The Kier molecular flexibility index (Phi) is 3.24. The van der Waals surface area contributed by atoms with E-state index in [1.54, 1.807) is 0 Å². The van der Waals surface area contributed by atoms with Crippen molar-refractivity contribution in [2.24, 2.45) is 4.99 Å². The van der Waals surface area contributed by atoms with E-state index in [2.05, 4.69) is 15.3 Å². The van der Waals surface area contributed by atoms with E-state index in [0.717, 1.165) is 12.1 Å². The maximum Gasteiger partial charge on any atom is 0.239 e. The number of hydrogen-bond donors (Lipinski definition) is 1. The minimum Gasteiger partial charge on any atom is -0.304 e. The molecule has 0 bridgehead atoms. The van der Waals surface area contributed by atoms with Crippen molar-refractivity contribution in [3.63, 3.8) is 0 Å². The molecule has 0 saturated carbocycles. The monoisotopic (exact) mass is 235 g/mol. The van der Waals surface area contributed by atoms with E-state index in [1.165, 1.54) is 11.8 Å². The Balaban J connectivity index is 2.17. The molecule has 16 heavy (non-hydrogen) atoms. The number of amides is 1. The topological polar surface area (TPSA) is 54.4 Å². The highest BCUT2D eigenvalue weighted by atomic mass is 32.2. The lowest BCUT2D eigenvalue weighted by Gasteiger charge is -1.97. The van der Waals surface area contributed by atoms with Crippen molar-refractivity contribution in [1.29, 1.82) is 0 Å². The second-order valence-corrected chi connectivity index (χ2v) is 4.75. The van der Waals surface area contributed by atoms with Crippen molar-refractivity contribution in [3.05, 3.63) is 23.9 Å². The standard InChI is InChI=1S/C11H13N3OS/c1-3-8-10(15)14-11(16-8)13-9-6-4-5-7(2)12-9/h4-6,8H,3H2,1-2H3,(H,12,13,14,15). The average molecular weight is 235 g/mol. The van der Waals surface area contributed by atoms with Crippen molar-refractivity contribution in [3.8, 4) is 0 Å². The number of nitrogens with zero attached hydrogens (tertiary/aromatic N) is 2. The van der Waals surface area contributed by atoms with Gasteiger partial charge in [0.05, 0.1) is 5.25 Å². The largest absolute Gasteiger partial charge is 0.304 e. The summed E-state index contributed by atoms with van der Waals surface area (Å²) < 4.78 is 0. The molecule has 1 aromatic heterocycles. The molecule has 0 spiro atoms. The molecule has 5 heteroatoms. The number of hydrogen-bond acceptors (Lipinski definition) is 4. The molecule has 0 radical (unpaired) electrons. The van der Waals surface area contributed by atoms with Gasteiger partial charge >= 0.3 is 0 Å². The molecule has 1 saturated heterocycles. The number of aryl methyl sites for hydroxylation is 1. The van der Waals surface area contributed by atoms with Crippen molar-refractivity contribution in [2.75, 3.05) is 0 Å². The van der Waals surface area contributed by atoms with Crippen LogP contribution in [-0.4, -0.2) is 21.3 Å². The number of carbonyl (C=O) groups excluding carboxylic acids is 1. The molecule has 1 amide bonds. The number of aromatic nitrogens is 1.